The van der Waals surface area contributed by atoms with Gasteiger partial charge in [0.05, 0.1) is 0 Å². The molecule has 1 unspecified atom stereocenters. The number of aromatic nitrogens is 1. The van der Waals surface area contributed by atoms with Crippen LogP contribution in [0.2, 0.25) is 0 Å². The Kier molecular flexibility index (Phi) is 4.56. The number of phenolic OH excluding ortho intramolecular Hbond substituents is 1. The van der Waals surface area contributed by atoms with E-state index in [4.69, 9.17) is 0 Å². The van der Waals surface area contributed by atoms with Crippen molar-refractivity contribution in [2.75, 3.05) is 33.7 Å². The second-order valence-electron chi connectivity index (χ2n) is 7.11. The van der Waals surface area contributed by atoms with Gasteiger partial charge in [-0.15, -0.1) is 11.3 Å². The summed E-state index contributed by atoms with van der Waals surface area (Å²) < 4.78 is 0.700. The van der Waals surface area contributed by atoms with Gasteiger partial charge in [0.1, 0.15) is 10.4 Å². The molecule has 0 bridgehead atoms. The Morgan fingerprint density at radius 1 is 1.38 bits per heavy atom. The van der Waals surface area contributed by atoms with E-state index < -0.39 is 0 Å². The minimum atomic E-state index is -0.0742. The summed E-state index contributed by atoms with van der Waals surface area (Å²) in [5.41, 5.74) is 1.45. The van der Waals surface area contributed by atoms with E-state index in [1.54, 1.807) is 12.1 Å². The van der Waals surface area contributed by atoms with Gasteiger partial charge >= 0.3 is 0 Å². The number of likely N-dealkylation sites (tertiary alicyclic amines) is 1. The van der Waals surface area contributed by atoms with Gasteiger partial charge in [0.25, 0.3) is 5.56 Å². The lowest BCUT2D eigenvalue weighted by molar-refractivity contribution is 0.280. The predicted molar refractivity (Wildman–Crippen MR) is 109 cm³/mol. The van der Waals surface area contributed by atoms with Crippen molar-refractivity contribution in [3.8, 4) is 5.75 Å². The molecule has 0 radical (unpaired) electrons. The molecule has 0 spiro atoms. The fourth-order valence-corrected chi connectivity index (χ4v) is 4.55. The molecule has 136 valence electrons. The standard InChI is InChI=1S/C20H23N3O2S/c1-22(2)13-7-10-23(12-13)9-3-4-14-17(24)6-5-16-18(14)15-8-11-26-19(15)20(25)21-16/h3-6,8,11,13,24H,7,9-10,12H2,1-2H3,(H,21,25). The molecule has 3 heterocycles. The summed E-state index contributed by atoms with van der Waals surface area (Å²) in [4.78, 5) is 19.8. The number of benzene rings is 1. The number of phenols is 1. The zero-order valence-corrected chi connectivity index (χ0v) is 15.8. The maximum atomic E-state index is 12.2. The van der Waals surface area contributed by atoms with Crippen LogP contribution in [0.1, 0.15) is 12.0 Å². The van der Waals surface area contributed by atoms with Crippen LogP contribution in [0, 0.1) is 0 Å². The molecule has 1 saturated heterocycles. The monoisotopic (exact) mass is 369 g/mol. The zero-order valence-electron chi connectivity index (χ0n) is 15.0. The van der Waals surface area contributed by atoms with Gasteiger partial charge in [0.2, 0.25) is 0 Å². The third-order valence-electron chi connectivity index (χ3n) is 5.24. The van der Waals surface area contributed by atoms with Crippen LogP contribution in [0.25, 0.3) is 27.1 Å². The number of fused-ring (bicyclic) bond motifs is 3. The van der Waals surface area contributed by atoms with Crippen molar-refractivity contribution in [3.05, 3.63) is 45.6 Å². The summed E-state index contributed by atoms with van der Waals surface area (Å²) >= 11 is 1.43. The summed E-state index contributed by atoms with van der Waals surface area (Å²) in [5.74, 6) is 0.237. The number of aromatic amines is 1. The molecule has 0 amide bonds. The highest BCUT2D eigenvalue weighted by molar-refractivity contribution is 7.17. The van der Waals surface area contributed by atoms with E-state index in [9.17, 15) is 9.90 Å². The van der Waals surface area contributed by atoms with Gasteiger partial charge in [-0.3, -0.25) is 9.69 Å². The predicted octanol–water partition coefficient (Wildman–Crippen LogP) is 3.10. The van der Waals surface area contributed by atoms with Crippen molar-refractivity contribution in [1.29, 1.82) is 0 Å². The fraction of sp³-hybridized carbons (Fsp3) is 0.350. The first-order valence-electron chi connectivity index (χ1n) is 8.85. The number of thiophene rings is 1. The van der Waals surface area contributed by atoms with Gasteiger partial charge in [-0.1, -0.05) is 12.2 Å². The van der Waals surface area contributed by atoms with Crippen molar-refractivity contribution < 1.29 is 5.11 Å². The third-order valence-corrected chi connectivity index (χ3v) is 6.15. The lowest BCUT2D eigenvalue weighted by atomic mass is 10.0. The van der Waals surface area contributed by atoms with E-state index in [1.807, 2.05) is 17.5 Å². The highest BCUT2D eigenvalue weighted by Crippen LogP contribution is 2.33. The SMILES string of the molecule is CN(C)C1CCN(CC=Cc2c(O)ccc3[nH]c(=O)c4sccc4c23)C1. The van der Waals surface area contributed by atoms with E-state index in [-0.39, 0.29) is 11.3 Å². The minimum absolute atomic E-state index is 0.0742. The molecule has 0 aliphatic carbocycles. The van der Waals surface area contributed by atoms with Gasteiger partial charge in [0, 0.05) is 47.5 Å². The van der Waals surface area contributed by atoms with E-state index >= 15 is 0 Å². The van der Waals surface area contributed by atoms with Crippen molar-refractivity contribution >= 4 is 38.4 Å². The number of nitrogens with one attached hydrogen (secondary N) is 1. The summed E-state index contributed by atoms with van der Waals surface area (Å²) in [6.07, 6.45) is 5.28. The van der Waals surface area contributed by atoms with E-state index in [1.165, 1.54) is 17.8 Å². The van der Waals surface area contributed by atoms with E-state index in [0.717, 1.165) is 41.5 Å². The molecule has 2 N–H and O–H groups in total. The third kappa shape index (κ3) is 3.05. The van der Waals surface area contributed by atoms with Crippen LogP contribution in [-0.4, -0.2) is 59.7 Å². The van der Waals surface area contributed by atoms with Crippen LogP contribution < -0.4 is 5.56 Å². The number of pyridine rings is 1. The maximum Gasteiger partial charge on any atom is 0.266 e. The first-order valence-corrected chi connectivity index (χ1v) is 9.73. The minimum Gasteiger partial charge on any atom is -0.507 e. The van der Waals surface area contributed by atoms with E-state index in [0.29, 0.717) is 10.7 Å². The molecule has 1 atom stereocenters. The van der Waals surface area contributed by atoms with Crippen molar-refractivity contribution in [2.45, 2.75) is 12.5 Å². The number of hydrogen-bond donors (Lipinski definition) is 2. The molecule has 1 aliphatic rings. The summed E-state index contributed by atoms with van der Waals surface area (Å²) in [6.45, 7) is 3.02. The lowest BCUT2D eigenvalue weighted by Crippen LogP contribution is -2.31. The van der Waals surface area contributed by atoms with Gasteiger partial charge < -0.3 is 15.0 Å². The van der Waals surface area contributed by atoms with Crippen LogP contribution in [0.15, 0.2) is 34.4 Å². The summed E-state index contributed by atoms with van der Waals surface area (Å²) in [5, 5.41) is 14.1. The van der Waals surface area contributed by atoms with Gasteiger partial charge in [-0.05, 0) is 44.1 Å². The smallest absolute Gasteiger partial charge is 0.266 e. The highest BCUT2D eigenvalue weighted by Gasteiger charge is 2.22. The zero-order chi connectivity index (χ0) is 18.3. The molecule has 6 heteroatoms. The molecular formula is C20H23N3O2S. The number of rotatable bonds is 4. The fourth-order valence-electron chi connectivity index (χ4n) is 3.75. The number of aromatic hydroxyl groups is 1. The van der Waals surface area contributed by atoms with Crippen molar-refractivity contribution in [1.82, 2.24) is 14.8 Å². The Bertz CT molecular complexity index is 1030. The van der Waals surface area contributed by atoms with Crippen LogP contribution in [0.4, 0.5) is 0 Å². The quantitative estimate of drug-likeness (QED) is 0.742. The van der Waals surface area contributed by atoms with Crippen LogP contribution in [0.5, 0.6) is 5.75 Å². The Morgan fingerprint density at radius 3 is 3.00 bits per heavy atom. The van der Waals surface area contributed by atoms with Gasteiger partial charge in [-0.2, -0.15) is 0 Å². The first kappa shape index (κ1) is 17.3. The highest BCUT2D eigenvalue weighted by atomic mass is 32.1. The maximum absolute atomic E-state index is 12.2. The van der Waals surface area contributed by atoms with Gasteiger partial charge in [-0.25, -0.2) is 0 Å². The van der Waals surface area contributed by atoms with Crippen LogP contribution >= 0.6 is 11.3 Å². The lowest BCUT2D eigenvalue weighted by Gasteiger charge is -2.19. The van der Waals surface area contributed by atoms with Crippen molar-refractivity contribution in [2.24, 2.45) is 0 Å². The van der Waals surface area contributed by atoms with Crippen molar-refractivity contribution in [3.63, 3.8) is 0 Å². The average Bonchev–Trinajstić information content (AvgIpc) is 3.27. The molecule has 5 nitrogen and oxygen atoms in total. The number of likely N-dealkylation sites (N-methyl/N-ethyl adjacent to an activating group) is 1. The largest absolute Gasteiger partial charge is 0.507 e. The first-order chi connectivity index (χ1) is 12.5. The summed E-state index contributed by atoms with van der Waals surface area (Å²) in [6, 6.07) is 5.98. The normalized spacial score (nSPS) is 18.8. The van der Waals surface area contributed by atoms with E-state index in [2.05, 4.69) is 35.0 Å². The van der Waals surface area contributed by atoms with Crippen LogP contribution in [-0.2, 0) is 0 Å². The molecular weight excluding hydrogens is 346 g/mol. The Hall–Kier alpha value is -2.15. The Balaban J connectivity index is 1.67. The second-order valence-corrected chi connectivity index (χ2v) is 8.02. The Labute approximate surface area is 156 Å². The molecule has 1 fully saturated rings. The topological polar surface area (TPSA) is 59.6 Å². The average molecular weight is 369 g/mol. The number of H-pyrrole nitrogens is 1. The molecule has 0 saturated carbocycles. The molecule has 1 aliphatic heterocycles. The van der Waals surface area contributed by atoms with Gasteiger partial charge in [0.15, 0.2) is 0 Å². The molecule has 2 aromatic heterocycles. The summed E-state index contributed by atoms with van der Waals surface area (Å²) in [7, 11) is 4.26. The Morgan fingerprint density at radius 2 is 2.23 bits per heavy atom. The second kappa shape index (κ2) is 6.87. The molecule has 4 rings (SSSR count). The molecule has 26 heavy (non-hydrogen) atoms. The number of nitrogens with zero attached hydrogens (tertiary/aromatic N) is 2. The number of hydrogen-bond acceptors (Lipinski definition) is 5. The van der Waals surface area contributed by atoms with Crippen LogP contribution in [0.3, 0.4) is 0 Å². The molecule has 1 aromatic carbocycles. The molecule has 3 aromatic rings.